The van der Waals surface area contributed by atoms with E-state index in [1.165, 1.54) is 21.3 Å². The van der Waals surface area contributed by atoms with E-state index in [1.54, 1.807) is 24.4 Å². The summed E-state index contributed by atoms with van der Waals surface area (Å²) >= 11 is 0. The number of anilines is 1. The van der Waals surface area contributed by atoms with Gasteiger partial charge in [-0.1, -0.05) is 19.9 Å². The Labute approximate surface area is 228 Å². The molecule has 3 aromatic heterocycles. The van der Waals surface area contributed by atoms with Gasteiger partial charge in [-0.25, -0.2) is 14.8 Å². The number of alkyl halides is 3. The summed E-state index contributed by atoms with van der Waals surface area (Å²) in [7, 11) is 0. The molecule has 4 aromatic rings. The monoisotopic (exact) mass is 556 g/mol. The second-order valence-corrected chi connectivity index (χ2v) is 9.94. The number of rotatable bonds is 8. The van der Waals surface area contributed by atoms with E-state index >= 15 is 0 Å². The molecule has 1 atom stereocenters. The van der Waals surface area contributed by atoms with Crippen molar-refractivity contribution in [3.8, 4) is 17.3 Å². The van der Waals surface area contributed by atoms with Crippen LogP contribution in [0.1, 0.15) is 45.1 Å². The van der Waals surface area contributed by atoms with Gasteiger partial charge in [0.2, 0.25) is 5.88 Å². The number of piperidine rings is 1. The Morgan fingerprint density at radius 1 is 1.07 bits per heavy atom. The quantitative estimate of drug-likeness (QED) is 0.334. The lowest BCUT2D eigenvalue weighted by atomic mass is 10.1. The molecule has 1 aliphatic rings. The number of pyridine rings is 1. The summed E-state index contributed by atoms with van der Waals surface area (Å²) in [6, 6.07) is 8.79. The van der Waals surface area contributed by atoms with Crippen LogP contribution >= 0.6 is 0 Å². The van der Waals surface area contributed by atoms with Gasteiger partial charge in [0, 0.05) is 43.1 Å². The minimum atomic E-state index is -4.40. The Morgan fingerprint density at radius 3 is 2.55 bits per heavy atom. The summed E-state index contributed by atoms with van der Waals surface area (Å²) in [6.45, 7) is 5.70. The largest absolute Gasteiger partial charge is 0.472 e. The van der Waals surface area contributed by atoms with Gasteiger partial charge in [-0.05, 0) is 49.9 Å². The summed E-state index contributed by atoms with van der Waals surface area (Å²) in [6.07, 6.45) is -0.179. The van der Waals surface area contributed by atoms with Gasteiger partial charge in [-0.15, -0.1) is 0 Å². The van der Waals surface area contributed by atoms with Gasteiger partial charge in [0.25, 0.3) is 5.56 Å². The molecule has 4 heterocycles. The van der Waals surface area contributed by atoms with Crippen LogP contribution in [0, 0.1) is 0 Å². The lowest BCUT2D eigenvalue weighted by Gasteiger charge is -2.34. The summed E-state index contributed by atoms with van der Waals surface area (Å²) < 4.78 is 48.3. The number of H-pyrrole nitrogens is 1. The lowest BCUT2D eigenvalue weighted by molar-refractivity contribution is -0.137. The number of aryl methyl sites for hydroxylation is 1. The van der Waals surface area contributed by atoms with E-state index in [4.69, 9.17) is 4.74 Å². The second kappa shape index (κ2) is 11.2. The standard InChI is InChI=1S/C28H31F3N6O3/c1-3-12-36-25-23(26(38)37(13-4-2)27(36)39)33-24(34-25)18-10-11-22(32-16-18)40-21-9-6-14-35(17-21)20-8-5-7-19(15-20)28(29,30)31/h5,7-8,10-11,15-16,21H,3-4,6,9,12-14,17H2,1-2H3,(H,33,34). The number of fused-ring (bicyclic) bond motifs is 1. The number of hydrogen-bond acceptors (Lipinski definition) is 6. The molecule has 1 saturated heterocycles. The Bertz CT molecular complexity index is 1610. The molecule has 0 aliphatic carbocycles. The zero-order valence-corrected chi connectivity index (χ0v) is 22.4. The van der Waals surface area contributed by atoms with Gasteiger partial charge in [0.15, 0.2) is 5.65 Å². The van der Waals surface area contributed by atoms with E-state index in [9.17, 15) is 22.8 Å². The van der Waals surface area contributed by atoms with Crippen molar-refractivity contribution < 1.29 is 17.9 Å². The molecule has 1 aliphatic heterocycles. The number of nitrogens with one attached hydrogen (secondary N) is 1. The van der Waals surface area contributed by atoms with E-state index in [0.29, 0.717) is 67.6 Å². The van der Waals surface area contributed by atoms with Gasteiger partial charge in [-0.3, -0.25) is 13.9 Å². The highest BCUT2D eigenvalue weighted by Crippen LogP contribution is 2.32. The first kappa shape index (κ1) is 27.5. The SMILES string of the molecule is CCCn1c(=O)c2[nH]c(-c3ccc(OC4CCCN(c5cccc(C(F)(F)F)c5)C4)nc3)nc2n(CCC)c1=O. The van der Waals surface area contributed by atoms with Crippen LogP contribution in [0.4, 0.5) is 18.9 Å². The van der Waals surface area contributed by atoms with Crippen LogP contribution in [0.5, 0.6) is 5.88 Å². The molecule has 0 radical (unpaired) electrons. The Hall–Kier alpha value is -4.09. The summed E-state index contributed by atoms with van der Waals surface area (Å²) in [4.78, 5) is 39.9. The van der Waals surface area contributed by atoms with Crippen LogP contribution < -0.4 is 20.9 Å². The third-order valence-corrected chi connectivity index (χ3v) is 6.97. The number of hydrogen-bond donors (Lipinski definition) is 1. The molecule has 9 nitrogen and oxygen atoms in total. The summed E-state index contributed by atoms with van der Waals surface area (Å²) in [5, 5.41) is 0. The fourth-order valence-electron chi connectivity index (χ4n) is 5.06. The first-order valence-corrected chi connectivity index (χ1v) is 13.5. The Kier molecular flexibility index (Phi) is 7.68. The number of aromatic amines is 1. The lowest BCUT2D eigenvalue weighted by Crippen LogP contribution is -2.41. The van der Waals surface area contributed by atoms with Crippen LogP contribution in [0.15, 0.2) is 52.2 Å². The molecule has 1 fully saturated rings. The maximum absolute atomic E-state index is 13.2. The van der Waals surface area contributed by atoms with Crippen LogP contribution in [0.25, 0.3) is 22.6 Å². The van der Waals surface area contributed by atoms with Crippen molar-refractivity contribution in [3.63, 3.8) is 0 Å². The first-order chi connectivity index (χ1) is 19.2. The highest BCUT2D eigenvalue weighted by molar-refractivity contribution is 5.75. The fourth-order valence-corrected chi connectivity index (χ4v) is 5.06. The number of benzene rings is 1. The van der Waals surface area contributed by atoms with E-state index in [1.807, 2.05) is 18.7 Å². The van der Waals surface area contributed by atoms with Gasteiger partial charge in [-0.2, -0.15) is 13.2 Å². The van der Waals surface area contributed by atoms with Crippen molar-refractivity contribution in [1.82, 2.24) is 24.1 Å². The third-order valence-electron chi connectivity index (χ3n) is 6.97. The Balaban J connectivity index is 1.34. The zero-order valence-electron chi connectivity index (χ0n) is 22.4. The molecule has 0 spiro atoms. The predicted octanol–water partition coefficient (Wildman–Crippen LogP) is 4.83. The molecule has 212 valence electrons. The molecular formula is C28H31F3N6O3. The van der Waals surface area contributed by atoms with Crippen molar-refractivity contribution >= 4 is 16.9 Å². The van der Waals surface area contributed by atoms with E-state index in [0.717, 1.165) is 18.9 Å². The first-order valence-electron chi connectivity index (χ1n) is 13.5. The molecule has 0 bridgehead atoms. The summed E-state index contributed by atoms with van der Waals surface area (Å²) in [5.74, 6) is 0.794. The van der Waals surface area contributed by atoms with Crippen LogP contribution in [-0.2, 0) is 19.3 Å². The van der Waals surface area contributed by atoms with Crippen molar-refractivity contribution in [2.75, 3.05) is 18.0 Å². The molecule has 0 saturated carbocycles. The predicted molar refractivity (Wildman–Crippen MR) is 146 cm³/mol. The second-order valence-electron chi connectivity index (χ2n) is 9.94. The number of aromatic nitrogens is 5. The number of imidazole rings is 1. The zero-order chi connectivity index (χ0) is 28.4. The molecule has 12 heteroatoms. The fraction of sp³-hybridized carbons (Fsp3) is 0.429. The molecular weight excluding hydrogens is 525 g/mol. The maximum atomic E-state index is 13.2. The van der Waals surface area contributed by atoms with Gasteiger partial charge >= 0.3 is 11.9 Å². The summed E-state index contributed by atoms with van der Waals surface area (Å²) in [5.41, 5.74) is 0.277. The van der Waals surface area contributed by atoms with E-state index < -0.39 is 17.3 Å². The van der Waals surface area contributed by atoms with Crippen LogP contribution in [0.3, 0.4) is 0 Å². The average Bonchev–Trinajstić information content (AvgIpc) is 3.39. The van der Waals surface area contributed by atoms with Crippen molar-refractivity contribution in [2.24, 2.45) is 0 Å². The molecule has 1 N–H and O–H groups in total. The topological polar surface area (TPSA) is 98.0 Å². The highest BCUT2D eigenvalue weighted by Gasteiger charge is 2.31. The van der Waals surface area contributed by atoms with Crippen molar-refractivity contribution in [1.29, 1.82) is 0 Å². The smallest absolute Gasteiger partial charge is 0.416 e. The van der Waals surface area contributed by atoms with E-state index in [2.05, 4.69) is 15.0 Å². The normalized spacial score (nSPS) is 16.0. The Morgan fingerprint density at radius 2 is 1.85 bits per heavy atom. The maximum Gasteiger partial charge on any atom is 0.416 e. The average molecular weight is 557 g/mol. The van der Waals surface area contributed by atoms with Gasteiger partial charge < -0.3 is 14.6 Å². The van der Waals surface area contributed by atoms with Crippen LogP contribution in [-0.4, -0.2) is 43.3 Å². The van der Waals surface area contributed by atoms with Crippen LogP contribution in [0.2, 0.25) is 0 Å². The number of ether oxygens (including phenoxy) is 1. The molecule has 1 aromatic carbocycles. The molecule has 5 rings (SSSR count). The number of nitrogens with zero attached hydrogens (tertiary/aromatic N) is 5. The van der Waals surface area contributed by atoms with E-state index in [-0.39, 0.29) is 17.3 Å². The minimum absolute atomic E-state index is 0.242. The molecule has 40 heavy (non-hydrogen) atoms. The molecule has 0 amide bonds. The van der Waals surface area contributed by atoms with Gasteiger partial charge in [0.05, 0.1) is 12.1 Å². The molecule has 1 unspecified atom stereocenters. The third kappa shape index (κ3) is 5.47. The number of halogens is 3. The van der Waals surface area contributed by atoms with Gasteiger partial charge in [0.1, 0.15) is 17.4 Å². The highest BCUT2D eigenvalue weighted by atomic mass is 19.4. The van der Waals surface area contributed by atoms with Crippen molar-refractivity contribution in [3.05, 3.63) is 69.0 Å². The minimum Gasteiger partial charge on any atom is -0.472 e. The van der Waals surface area contributed by atoms with Crippen molar-refractivity contribution in [2.45, 2.75) is 64.9 Å².